The Hall–Kier alpha value is -2.37. The van der Waals surface area contributed by atoms with Crippen molar-refractivity contribution in [1.29, 1.82) is 5.26 Å². The number of phenols is 1. The molecule has 162 valence electrons. The van der Waals surface area contributed by atoms with Crippen LogP contribution in [-0.4, -0.2) is 5.11 Å². The number of hydrogen-bond donors (Lipinski definition) is 2. The van der Waals surface area contributed by atoms with E-state index in [0.29, 0.717) is 36.1 Å². The predicted octanol–water partition coefficient (Wildman–Crippen LogP) is 7.02. The first kappa shape index (κ1) is 22.8. The van der Waals surface area contributed by atoms with E-state index in [1.165, 1.54) is 6.07 Å². The standard InChI is InChI=1S/C23H14Br2Cl2N2O3/c24-17-5-12(6-18(25)22(17)31-10-11-1-2-13(26)7-19(11)27)21-15-4-3-14(30)8-20(15)32-23(29)16(21)9-28/h1-8,21,30H,10,29H2/t21-/m1/s1. The number of nitrogens with zero attached hydrogens (tertiary/aromatic N) is 1. The first-order valence-corrected chi connectivity index (χ1v) is 11.6. The van der Waals surface area contributed by atoms with Crippen molar-refractivity contribution in [2.75, 3.05) is 0 Å². The Bertz CT molecular complexity index is 1280. The van der Waals surface area contributed by atoms with Crippen LogP contribution in [0.1, 0.15) is 22.6 Å². The Morgan fingerprint density at radius 1 is 1.09 bits per heavy atom. The number of rotatable bonds is 4. The summed E-state index contributed by atoms with van der Waals surface area (Å²) in [5.74, 6) is 0.546. The van der Waals surface area contributed by atoms with Crippen molar-refractivity contribution >= 4 is 55.1 Å². The number of halogens is 4. The number of aromatic hydroxyl groups is 1. The normalized spacial score (nSPS) is 15.0. The molecule has 0 bridgehead atoms. The molecule has 0 saturated carbocycles. The molecule has 0 amide bonds. The zero-order chi connectivity index (χ0) is 23.0. The molecule has 9 heteroatoms. The second-order valence-corrected chi connectivity index (χ2v) is 9.54. The van der Waals surface area contributed by atoms with Crippen LogP contribution in [0.3, 0.4) is 0 Å². The third-order valence-electron chi connectivity index (χ3n) is 4.94. The molecule has 1 atom stereocenters. The van der Waals surface area contributed by atoms with Gasteiger partial charge in [0, 0.05) is 27.2 Å². The van der Waals surface area contributed by atoms with Gasteiger partial charge in [-0.1, -0.05) is 35.3 Å². The molecule has 4 rings (SSSR count). The first-order valence-electron chi connectivity index (χ1n) is 9.24. The lowest BCUT2D eigenvalue weighted by molar-refractivity contribution is 0.302. The van der Waals surface area contributed by atoms with Gasteiger partial charge in [0.05, 0.1) is 14.9 Å². The summed E-state index contributed by atoms with van der Waals surface area (Å²) in [5, 5.41) is 20.6. The smallest absolute Gasteiger partial charge is 0.205 e. The summed E-state index contributed by atoms with van der Waals surface area (Å²) in [6.45, 7) is 0.238. The fourth-order valence-electron chi connectivity index (χ4n) is 3.46. The minimum absolute atomic E-state index is 0.000511. The van der Waals surface area contributed by atoms with Crippen molar-refractivity contribution in [3.63, 3.8) is 0 Å². The third-order valence-corrected chi connectivity index (χ3v) is 6.71. The molecule has 3 aromatic rings. The van der Waals surface area contributed by atoms with Crippen molar-refractivity contribution in [2.45, 2.75) is 12.5 Å². The van der Waals surface area contributed by atoms with E-state index < -0.39 is 5.92 Å². The summed E-state index contributed by atoms with van der Waals surface area (Å²) in [6, 6.07) is 15.8. The molecule has 1 aliphatic rings. The van der Waals surface area contributed by atoms with Crippen molar-refractivity contribution in [2.24, 2.45) is 5.73 Å². The molecule has 5 nitrogen and oxygen atoms in total. The minimum atomic E-state index is -0.475. The molecule has 3 N–H and O–H groups in total. The number of allylic oxidation sites excluding steroid dienone is 1. The van der Waals surface area contributed by atoms with Gasteiger partial charge in [0.2, 0.25) is 5.88 Å². The summed E-state index contributed by atoms with van der Waals surface area (Å²) in [4.78, 5) is 0. The van der Waals surface area contributed by atoms with E-state index in [9.17, 15) is 10.4 Å². The average Bonchev–Trinajstić information content (AvgIpc) is 2.73. The van der Waals surface area contributed by atoms with Crippen LogP contribution < -0.4 is 15.2 Å². The third kappa shape index (κ3) is 4.41. The van der Waals surface area contributed by atoms with Gasteiger partial charge in [-0.3, -0.25) is 0 Å². The van der Waals surface area contributed by atoms with Gasteiger partial charge < -0.3 is 20.3 Å². The molecule has 0 unspecified atom stereocenters. The fraction of sp³-hybridized carbons (Fsp3) is 0.0870. The van der Waals surface area contributed by atoms with Crippen LogP contribution in [-0.2, 0) is 6.61 Å². The lowest BCUT2D eigenvalue weighted by Crippen LogP contribution is -2.21. The number of nitrogens with two attached hydrogens (primary N) is 1. The van der Waals surface area contributed by atoms with Gasteiger partial charge in [-0.15, -0.1) is 0 Å². The Morgan fingerprint density at radius 2 is 1.81 bits per heavy atom. The van der Waals surface area contributed by atoms with Gasteiger partial charge in [0.25, 0.3) is 0 Å². The van der Waals surface area contributed by atoms with Gasteiger partial charge in [-0.05, 0) is 67.8 Å². The van der Waals surface area contributed by atoms with Gasteiger partial charge in [-0.2, -0.15) is 5.26 Å². The average molecular weight is 597 g/mol. The molecule has 0 saturated heterocycles. The quantitative estimate of drug-likeness (QED) is 0.338. The number of ether oxygens (including phenoxy) is 2. The topological polar surface area (TPSA) is 88.5 Å². The largest absolute Gasteiger partial charge is 0.508 e. The Morgan fingerprint density at radius 3 is 2.47 bits per heavy atom. The van der Waals surface area contributed by atoms with Gasteiger partial charge in [0.1, 0.15) is 35.5 Å². The zero-order valence-corrected chi connectivity index (χ0v) is 20.9. The van der Waals surface area contributed by atoms with Crippen molar-refractivity contribution in [1.82, 2.24) is 0 Å². The second kappa shape index (κ2) is 9.24. The maximum atomic E-state index is 9.82. The van der Waals surface area contributed by atoms with Gasteiger partial charge >= 0.3 is 0 Å². The molecule has 0 fully saturated rings. The first-order chi connectivity index (χ1) is 15.3. The maximum absolute atomic E-state index is 9.82. The van der Waals surface area contributed by atoms with Crippen LogP contribution >= 0.6 is 55.1 Å². The Balaban J connectivity index is 1.71. The number of fused-ring (bicyclic) bond motifs is 1. The second-order valence-electron chi connectivity index (χ2n) is 6.99. The highest BCUT2D eigenvalue weighted by Gasteiger charge is 2.31. The van der Waals surface area contributed by atoms with Crippen molar-refractivity contribution in [3.05, 3.63) is 95.7 Å². The summed E-state index contributed by atoms with van der Waals surface area (Å²) < 4.78 is 12.9. The van der Waals surface area contributed by atoms with E-state index in [-0.39, 0.29) is 23.8 Å². The molecular formula is C23H14Br2Cl2N2O3. The molecule has 0 radical (unpaired) electrons. The number of nitriles is 1. The van der Waals surface area contributed by atoms with Crippen LogP contribution in [0.15, 0.2) is 68.9 Å². The Labute approximate surface area is 211 Å². The summed E-state index contributed by atoms with van der Waals surface area (Å²) >= 11 is 19.3. The minimum Gasteiger partial charge on any atom is -0.508 e. The van der Waals surface area contributed by atoms with Crippen LogP contribution in [0.25, 0.3) is 0 Å². The van der Waals surface area contributed by atoms with Crippen molar-refractivity contribution in [3.8, 4) is 23.3 Å². The lowest BCUT2D eigenvalue weighted by Gasteiger charge is -2.27. The summed E-state index contributed by atoms with van der Waals surface area (Å²) in [7, 11) is 0. The highest BCUT2D eigenvalue weighted by molar-refractivity contribution is 9.11. The Kier molecular flexibility index (Phi) is 6.59. The van der Waals surface area contributed by atoms with Crippen LogP contribution in [0, 0.1) is 11.3 Å². The highest BCUT2D eigenvalue weighted by Crippen LogP contribution is 2.46. The molecule has 0 spiro atoms. The van der Waals surface area contributed by atoms with E-state index in [4.69, 9.17) is 38.4 Å². The predicted molar refractivity (Wildman–Crippen MR) is 130 cm³/mol. The van der Waals surface area contributed by atoms with E-state index in [1.807, 2.05) is 18.2 Å². The number of phenolic OH excluding ortho intramolecular Hbond substituents is 1. The molecule has 1 heterocycles. The van der Waals surface area contributed by atoms with E-state index >= 15 is 0 Å². The number of hydrogen-bond acceptors (Lipinski definition) is 5. The molecule has 3 aromatic carbocycles. The lowest BCUT2D eigenvalue weighted by atomic mass is 9.83. The van der Waals surface area contributed by atoms with Crippen LogP contribution in [0.2, 0.25) is 10.0 Å². The fourth-order valence-corrected chi connectivity index (χ4v) is 5.37. The van der Waals surface area contributed by atoms with Gasteiger partial charge in [-0.25, -0.2) is 0 Å². The highest BCUT2D eigenvalue weighted by atomic mass is 79.9. The van der Waals surface area contributed by atoms with E-state index in [2.05, 4.69) is 37.9 Å². The summed E-state index contributed by atoms with van der Waals surface area (Å²) in [5.41, 5.74) is 8.58. The number of benzene rings is 3. The summed E-state index contributed by atoms with van der Waals surface area (Å²) in [6.07, 6.45) is 0. The van der Waals surface area contributed by atoms with Gasteiger partial charge in [0.15, 0.2) is 0 Å². The maximum Gasteiger partial charge on any atom is 0.205 e. The molecule has 1 aliphatic heterocycles. The van der Waals surface area contributed by atoms with E-state index in [0.717, 1.165) is 11.1 Å². The van der Waals surface area contributed by atoms with E-state index in [1.54, 1.807) is 24.3 Å². The van der Waals surface area contributed by atoms with Crippen LogP contribution in [0.5, 0.6) is 17.2 Å². The molecule has 32 heavy (non-hydrogen) atoms. The molecular weight excluding hydrogens is 583 g/mol. The molecule has 0 aromatic heterocycles. The zero-order valence-electron chi connectivity index (χ0n) is 16.2. The van der Waals surface area contributed by atoms with Crippen molar-refractivity contribution < 1.29 is 14.6 Å². The SMILES string of the molecule is N#CC1=C(N)Oc2cc(O)ccc2[C@H]1c1cc(Br)c(OCc2ccc(Cl)cc2Cl)c(Br)c1. The molecule has 0 aliphatic carbocycles. The monoisotopic (exact) mass is 594 g/mol. The van der Waals surface area contributed by atoms with Crippen LogP contribution in [0.4, 0.5) is 0 Å².